The molecule has 124 valence electrons. The number of rotatable bonds is 2. The third-order valence-electron chi connectivity index (χ3n) is 5.37. The van der Waals surface area contributed by atoms with Gasteiger partial charge in [-0.2, -0.15) is 10.3 Å². The van der Waals surface area contributed by atoms with Crippen molar-refractivity contribution in [3.8, 4) is 6.19 Å². The lowest BCUT2D eigenvalue weighted by molar-refractivity contribution is -0.0315. The van der Waals surface area contributed by atoms with Crippen LogP contribution < -0.4 is 5.48 Å². The fourth-order valence-corrected chi connectivity index (χ4v) is 3.87. The second-order valence-electron chi connectivity index (χ2n) is 6.85. The summed E-state index contributed by atoms with van der Waals surface area (Å²) in [5.41, 5.74) is 5.34. The zero-order valence-corrected chi connectivity index (χ0v) is 14.3. The van der Waals surface area contributed by atoms with Gasteiger partial charge in [0.2, 0.25) is 6.19 Å². The van der Waals surface area contributed by atoms with Crippen LogP contribution in [0.3, 0.4) is 0 Å². The summed E-state index contributed by atoms with van der Waals surface area (Å²) in [7, 11) is 0. The Balaban J connectivity index is 1.57. The van der Waals surface area contributed by atoms with E-state index in [-0.39, 0.29) is 11.0 Å². The maximum absolute atomic E-state index is 8.73. The van der Waals surface area contributed by atoms with Gasteiger partial charge in [-0.25, -0.2) is 0 Å². The number of halogens is 1. The van der Waals surface area contributed by atoms with E-state index in [4.69, 9.17) is 21.7 Å². The van der Waals surface area contributed by atoms with Crippen LogP contribution >= 0.6 is 11.6 Å². The molecule has 6 heteroatoms. The first-order chi connectivity index (χ1) is 11.6. The summed E-state index contributed by atoms with van der Waals surface area (Å²) in [5.74, 6) is 0.749. The fourth-order valence-electron chi connectivity index (χ4n) is 3.75. The Morgan fingerprint density at radius 3 is 2.75 bits per heavy atom. The van der Waals surface area contributed by atoms with Crippen molar-refractivity contribution in [3.63, 3.8) is 0 Å². The molecule has 4 rings (SSSR count). The SMILES string of the molecule is CC(=NC#N)N1CCC2(C=C(C3(c4ccc(Cl)cc4)CC3)NO2)C1. The molecule has 0 radical (unpaired) electrons. The third-order valence-corrected chi connectivity index (χ3v) is 5.62. The number of hydrogen-bond acceptors (Lipinski definition) is 4. The molecule has 24 heavy (non-hydrogen) atoms. The summed E-state index contributed by atoms with van der Waals surface area (Å²) < 4.78 is 0. The number of allylic oxidation sites excluding steroid dienone is 1. The van der Waals surface area contributed by atoms with Crippen LogP contribution in [-0.4, -0.2) is 29.4 Å². The molecule has 3 aliphatic rings. The average molecular weight is 343 g/mol. The lowest BCUT2D eigenvalue weighted by Crippen LogP contribution is -2.35. The van der Waals surface area contributed by atoms with Gasteiger partial charge in [-0.1, -0.05) is 23.7 Å². The molecule has 1 unspecified atom stereocenters. The Kier molecular flexibility index (Phi) is 3.56. The number of hydroxylamine groups is 1. The van der Waals surface area contributed by atoms with Gasteiger partial charge in [0.1, 0.15) is 11.4 Å². The van der Waals surface area contributed by atoms with E-state index in [1.807, 2.05) is 25.2 Å². The molecule has 0 aromatic heterocycles. The number of benzene rings is 1. The summed E-state index contributed by atoms with van der Waals surface area (Å²) in [6, 6.07) is 8.10. The second-order valence-corrected chi connectivity index (χ2v) is 7.28. The fraction of sp³-hybridized carbons (Fsp3) is 0.444. The molecule has 1 spiro atoms. The zero-order valence-electron chi connectivity index (χ0n) is 13.6. The molecule has 2 fully saturated rings. The maximum atomic E-state index is 8.73. The van der Waals surface area contributed by atoms with Crippen LogP contribution in [0.15, 0.2) is 41.0 Å². The van der Waals surface area contributed by atoms with Crippen LogP contribution in [0.4, 0.5) is 0 Å². The van der Waals surface area contributed by atoms with Crippen LogP contribution in [0.25, 0.3) is 0 Å². The van der Waals surface area contributed by atoms with Gasteiger partial charge in [-0.05, 0) is 43.5 Å². The van der Waals surface area contributed by atoms with Crippen molar-refractivity contribution in [2.24, 2.45) is 4.99 Å². The molecule has 1 saturated heterocycles. The van der Waals surface area contributed by atoms with Crippen molar-refractivity contribution in [2.45, 2.75) is 37.2 Å². The van der Waals surface area contributed by atoms with Crippen molar-refractivity contribution in [1.29, 1.82) is 5.26 Å². The van der Waals surface area contributed by atoms with Crippen LogP contribution in [0, 0.1) is 11.5 Å². The van der Waals surface area contributed by atoms with Crippen LogP contribution in [0.1, 0.15) is 31.7 Å². The normalized spacial score (nSPS) is 27.8. The Bertz CT molecular complexity index is 760. The molecule has 1 saturated carbocycles. The number of aliphatic imine (C=N–C) groups is 1. The number of nitrogens with zero attached hydrogens (tertiary/aromatic N) is 3. The summed E-state index contributed by atoms with van der Waals surface area (Å²) in [6.45, 7) is 3.43. The molecule has 0 bridgehead atoms. The Hall–Kier alpha value is -2.03. The first kappa shape index (κ1) is 15.5. The molecule has 5 nitrogen and oxygen atoms in total. The second kappa shape index (κ2) is 5.51. The molecule has 2 aliphatic heterocycles. The molecule has 1 atom stereocenters. The van der Waals surface area contributed by atoms with Crippen LogP contribution in [0.5, 0.6) is 0 Å². The van der Waals surface area contributed by atoms with Gasteiger partial charge in [0.15, 0.2) is 0 Å². The monoisotopic (exact) mass is 342 g/mol. The average Bonchev–Trinajstić information content (AvgIpc) is 3.12. The van der Waals surface area contributed by atoms with Crippen LogP contribution in [-0.2, 0) is 10.3 Å². The molecular formula is C18H19ClN4O. The number of hydrogen-bond donors (Lipinski definition) is 1. The predicted molar refractivity (Wildman–Crippen MR) is 92.3 cm³/mol. The first-order valence-corrected chi connectivity index (χ1v) is 8.57. The van der Waals surface area contributed by atoms with Gasteiger partial charge in [0.25, 0.3) is 0 Å². The highest BCUT2D eigenvalue weighted by molar-refractivity contribution is 6.30. The van der Waals surface area contributed by atoms with E-state index in [2.05, 4.69) is 33.6 Å². The highest BCUT2D eigenvalue weighted by atomic mass is 35.5. The van der Waals surface area contributed by atoms with E-state index in [9.17, 15) is 0 Å². The standard InChI is InChI=1S/C18H19ClN4O/c1-13(21-12-20)23-9-8-17(11-23)10-16(22-24-17)18(6-7-18)14-2-4-15(19)5-3-14/h2-5,10,22H,6-9,11H2,1H3. The van der Waals surface area contributed by atoms with Gasteiger partial charge in [-0.3, -0.25) is 10.3 Å². The lowest BCUT2D eigenvalue weighted by Gasteiger charge is -2.21. The van der Waals surface area contributed by atoms with Gasteiger partial charge in [-0.15, -0.1) is 0 Å². The molecular weight excluding hydrogens is 324 g/mol. The topological polar surface area (TPSA) is 60.7 Å². The molecule has 1 aromatic carbocycles. The highest BCUT2D eigenvalue weighted by Crippen LogP contribution is 2.55. The van der Waals surface area contributed by atoms with E-state index < -0.39 is 0 Å². The lowest BCUT2D eigenvalue weighted by atomic mass is 9.90. The smallest absolute Gasteiger partial charge is 0.207 e. The van der Waals surface area contributed by atoms with Crippen molar-refractivity contribution in [2.75, 3.05) is 13.1 Å². The largest absolute Gasteiger partial charge is 0.356 e. The Labute approximate surface area is 146 Å². The molecule has 1 N–H and O–H groups in total. The van der Waals surface area contributed by atoms with Crippen molar-refractivity contribution in [1.82, 2.24) is 10.4 Å². The van der Waals surface area contributed by atoms with E-state index in [0.717, 1.165) is 48.9 Å². The van der Waals surface area contributed by atoms with Crippen molar-refractivity contribution < 1.29 is 4.84 Å². The third kappa shape index (κ3) is 2.47. The minimum atomic E-state index is -0.330. The molecule has 2 heterocycles. The molecule has 1 aromatic rings. The van der Waals surface area contributed by atoms with Gasteiger partial charge in [0, 0.05) is 29.1 Å². The number of nitrogens with one attached hydrogen (secondary N) is 1. The zero-order chi connectivity index (χ0) is 16.8. The van der Waals surface area contributed by atoms with E-state index >= 15 is 0 Å². The summed E-state index contributed by atoms with van der Waals surface area (Å²) in [6.07, 6.45) is 7.22. The minimum absolute atomic E-state index is 0.0390. The van der Waals surface area contributed by atoms with E-state index in [0.29, 0.717) is 0 Å². The number of likely N-dealkylation sites (tertiary alicyclic amines) is 1. The van der Waals surface area contributed by atoms with Crippen molar-refractivity contribution >= 4 is 17.4 Å². The summed E-state index contributed by atoms with van der Waals surface area (Å²) in [5, 5.41) is 9.49. The van der Waals surface area contributed by atoms with Crippen LogP contribution in [0.2, 0.25) is 5.02 Å². The minimum Gasteiger partial charge on any atom is -0.356 e. The van der Waals surface area contributed by atoms with Gasteiger partial charge in [0.05, 0.1) is 6.54 Å². The predicted octanol–water partition coefficient (Wildman–Crippen LogP) is 3.13. The maximum Gasteiger partial charge on any atom is 0.207 e. The van der Waals surface area contributed by atoms with Crippen molar-refractivity contribution in [3.05, 3.63) is 46.6 Å². The highest BCUT2D eigenvalue weighted by Gasteiger charge is 2.53. The molecule has 0 amide bonds. The summed E-state index contributed by atoms with van der Waals surface area (Å²) >= 11 is 6.02. The summed E-state index contributed by atoms with van der Waals surface area (Å²) in [4.78, 5) is 11.9. The van der Waals surface area contributed by atoms with Gasteiger partial charge >= 0.3 is 0 Å². The number of amidine groups is 1. The first-order valence-electron chi connectivity index (χ1n) is 8.19. The number of nitriles is 1. The quantitative estimate of drug-likeness (QED) is 0.509. The molecule has 1 aliphatic carbocycles. The Morgan fingerprint density at radius 1 is 1.33 bits per heavy atom. The van der Waals surface area contributed by atoms with E-state index in [1.165, 1.54) is 5.56 Å². The Morgan fingerprint density at radius 2 is 2.08 bits per heavy atom. The van der Waals surface area contributed by atoms with E-state index in [1.54, 1.807) is 0 Å². The van der Waals surface area contributed by atoms with Gasteiger partial charge < -0.3 is 4.90 Å².